The van der Waals surface area contributed by atoms with Crippen LogP contribution in [0, 0.1) is 0 Å². The van der Waals surface area contributed by atoms with Crippen molar-refractivity contribution in [3.05, 3.63) is 168 Å². The SMILES string of the molecule is O=C(C(Cc1ccccc1)N(Cc1ccc(-c2ccncc2)cc1)C(=O)C=Cc1ccc(C(F)(F)F)cc1)N1CCN(Cc2ccccc2)CC1. The van der Waals surface area contributed by atoms with E-state index < -0.39 is 23.7 Å². The Balaban J connectivity index is 1.28. The van der Waals surface area contributed by atoms with E-state index in [0.717, 1.165) is 40.9 Å². The van der Waals surface area contributed by atoms with Crippen molar-refractivity contribution in [2.75, 3.05) is 26.2 Å². The lowest BCUT2D eigenvalue weighted by atomic mass is 10.0. The fraction of sp³-hybridized carbons (Fsp3) is 0.214. The van der Waals surface area contributed by atoms with Gasteiger partial charge in [0, 0.05) is 64.2 Å². The lowest BCUT2D eigenvalue weighted by Crippen LogP contribution is -2.56. The van der Waals surface area contributed by atoms with Crippen molar-refractivity contribution in [1.29, 1.82) is 0 Å². The molecule has 0 spiro atoms. The highest BCUT2D eigenvalue weighted by molar-refractivity contribution is 5.95. The van der Waals surface area contributed by atoms with Crippen LogP contribution >= 0.6 is 0 Å². The Bertz CT molecular complexity index is 1890. The van der Waals surface area contributed by atoms with Crippen molar-refractivity contribution < 1.29 is 22.8 Å². The smallest absolute Gasteiger partial charge is 0.338 e. The lowest BCUT2D eigenvalue weighted by Gasteiger charge is -2.39. The molecule has 1 aromatic heterocycles. The molecule has 0 saturated carbocycles. The first kappa shape index (κ1) is 35.3. The summed E-state index contributed by atoms with van der Waals surface area (Å²) in [6.07, 6.45) is 2.14. The molecule has 1 aliphatic heterocycles. The van der Waals surface area contributed by atoms with Gasteiger partial charge in [-0.1, -0.05) is 97.1 Å². The fourth-order valence-corrected chi connectivity index (χ4v) is 6.28. The van der Waals surface area contributed by atoms with Crippen molar-refractivity contribution in [3.8, 4) is 11.1 Å². The molecule has 0 N–H and O–H groups in total. The molecule has 1 unspecified atom stereocenters. The van der Waals surface area contributed by atoms with E-state index in [1.54, 1.807) is 17.3 Å². The zero-order valence-electron chi connectivity index (χ0n) is 28.1. The zero-order chi connectivity index (χ0) is 35.6. The monoisotopic (exact) mass is 688 g/mol. The largest absolute Gasteiger partial charge is 0.416 e. The maximum Gasteiger partial charge on any atom is 0.416 e. The molecule has 2 heterocycles. The number of halogens is 3. The van der Waals surface area contributed by atoms with Gasteiger partial charge >= 0.3 is 6.18 Å². The number of rotatable bonds is 11. The van der Waals surface area contributed by atoms with Crippen LogP contribution in [0.3, 0.4) is 0 Å². The summed E-state index contributed by atoms with van der Waals surface area (Å²) in [5, 5.41) is 0. The molecule has 2 amide bonds. The Labute approximate surface area is 296 Å². The summed E-state index contributed by atoms with van der Waals surface area (Å²) in [7, 11) is 0. The average molecular weight is 689 g/mol. The summed E-state index contributed by atoms with van der Waals surface area (Å²) in [6.45, 7) is 3.42. The minimum atomic E-state index is -4.46. The van der Waals surface area contributed by atoms with E-state index >= 15 is 0 Å². The van der Waals surface area contributed by atoms with Crippen molar-refractivity contribution in [2.24, 2.45) is 0 Å². The third-order valence-corrected chi connectivity index (χ3v) is 9.13. The van der Waals surface area contributed by atoms with Gasteiger partial charge in [-0.2, -0.15) is 13.2 Å². The minimum absolute atomic E-state index is 0.136. The van der Waals surface area contributed by atoms with E-state index in [-0.39, 0.29) is 12.5 Å². The van der Waals surface area contributed by atoms with Gasteiger partial charge in [0.2, 0.25) is 11.8 Å². The zero-order valence-corrected chi connectivity index (χ0v) is 28.1. The highest BCUT2D eigenvalue weighted by Gasteiger charge is 2.34. The van der Waals surface area contributed by atoms with Crippen LogP contribution in [0.1, 0.15) is 27.8 Å². The molecule has 1 atom stereocenters. The molecule has 1 aliphatic rings. The van der Waals surface area contributed by atoms with Gasteiger partial charge in [-0.05, 0) is 63.7 Å². The third-order valence-electron chi connectivity index (χ3n) is 9.13. The number of pyridine rings is 1. The molecule has 4 aromatic carbocycles. The first-order valence-electron chi connectivity index (χ1n) is 17.0. The van der Waals surface area contributed by atoms with Crippen molar-refractivity contribution in [2.45, 2.75) is 31.7 Å². The van der Waals surface area contributed by atoms with Crippen LogP contribution in [-0.4, -0.2) is 63.7 Å². The van der Waals surface area contributed by atoms with E-state index in [1.165, 1.54) is 29.8 Å². The molecule has 6 nitrogen and oxygen atoms in total. The van der Waals surface area contributed by atoms with Crippen molar-refractivity contribution in [3.63, 3.8) is 0 Å². The van der Waals surface area contributed by atoms with E-state index in [9.17, 15) is 22.8 Å². The van der Waals surface area contributed by atoms with Gasteiger partial charge in [0.1, 0.15) is 6.04 Å². The van der Waals surface area contributed by atoms with Crippen molar-refractivity contribution in [1.82, 2.24) is 19.7 Å². The maximum absolute atomic E-state index is 14.5. The molecule has 0 radical (unpaired) electrons. The number of aromatic nitrogens is 1. The summed E-state index contributed by atoms with van der Waals surface area (Å²) in [4.78, 5) is 38.6. The quantitative estimate of drug-likeness (QED) is 0.133. The molecule has 6 rings (SSSR count). The first-order valence-corrected chi connectivity index (χ1v) is 17.0. The molecule has 51 heavy (non-hydrogen) atoms. The Morgan fingerprint density at radius 3 is 1.90 bits per heavy atom. The molecule has 1 saturated heterocycles. The van der Waals surface area contributed by atoms with E-state index in [2.05, 4.69) is 22.0 Å². The second kappa shape index (κ2) is 16.4. The van der Waals surface area contributed by atoms with Crippen LogP contribution in [0.15, 0.2) is 140 Å². The average Bonchev–Trinajstić information content (AvgIpc) is 3.16. The van der Waals surface area contributed by atoms with E-state index in [0.29, 0.717) is 38.2 Å². The molecule has 0 bridgehead atoms. The lowest BCUT2D eigenvalue weighted by molar-refractivity contribution is -0.145. The molecular formula is C42H39F3N4O2. The number of hydrogen-bond donors (Lipinski definition) is 0. The topological polar surface area (TPSA) is 56.8 Å². The molecule has 1 fully saturated rings. The number of hydrogen-bond acceptors (Lipinski definition) is 4. The third kappa shape index (κ3) is 9.58. The molecular weight excluding hydrogens is 649 g/mol. The van der Waals surface area contributed by atoms with Crippen molar-refractivity contribution >= 4 is 17.9 Å². The van der Waals surface area contributed by atoms with Gasteiger partial charge in [-0.15, -0.1) is 0 Å². The number of nitrogens with zero attached hydrogens (tertiary/aromatic N) is 4. The molecule has 260 valence electrons. The second-order valence-electron chi connectivity index (χ2n) is 12.6. The summed E-state index contributed by atoms with van der Waals surface area (Å²) in [5.41, 5.74) is 4.64. The van der Waals surface area contributed by atoms with Gasteiger partial charge in [-0.25, -0.2) is 0 Å². The highest BCUT2D eigenvalue weighted by atomic mass is 19.4. The van der Waals surface area contributed by atoms with E-state index in [4.69, 9.17) is 0 Å². The normalized spacial score (nSPS) is 14.4. The van der Waals surface area contributed by atoms with Gasteiger partial charge in [0.05, 0.1) is 5.56 Å². The number of benzene rings is 4. The summed E-state index contributed by atoms with van der Waals surface area (Å²) in [5.74, 6) is -0.548. The van der Waals surface area contributed by atoms with Gasteiger partial charge < -0.3 is 9.80 Å². The van der Waals surface area contributed by atoms with Crippen LogP contribution < -0.4 is 0 Å². The first-order chi connectivity index (χ1) is 24.7. The number of amides is 2. The second-order valence-corrected chi connectivity index (χ2v) is 12.6. The summed E-state index contributed by atoms with van der Waals surface area (Å²) >= 11 is 0. The predicted octanol–water partition coefficient (Wildman–Crippen LogP) is 7.77. The summed E-state index contributed by atoms with van der Waals surface area (Å²) in [6, 6.07) is 35.4. The van der Waals surface area contributed by atoms with Gasteiger partial charge in [0.15, 0.2) is 0 Å². The Morgan fingerprint density at radius 2 is 1.29 bits per heavy atom. The number of alkyl halides is 3. The van der Waals surface area contributed by atoms with Crippen LogP contribution in [-0.2, 0) is 35.3 Å². The number of carbonyl (C=O) groups is 2. The van der Waals surface area contributed by atoms with Gasteiger partial charge in [0.25, 0.3) is 0 Å². The molecule has 9 heteroatoms. The Kier molecular flexibility index (Phi) is 11.4. The van der Waals surface area contributed by atoms with Crippen LogP contribution in [0.25, 0.3) is 17.2 Å². The van der Waals surface area contributed by atoms with E-state index in [1.807, 2.05) is 89.8 Å². The standard InChI is InChI=1S/C42H39F3N4O2/c43-42(44,45)38-18-13-32(14-19-38)15-20-40(50)49(31-35-11-16-36(17-12-35)37-21-23-46-24-22-37)39(29-33-7-3-1-4-8-33)41(51)48-27-25-47(26-28-48)30-34-9-5-2-6-10-34/h1-24,39H,25-31H2. The maximum atomic E-state index is 14.5. The van der Waals surface area contributed by atoms with Crippen LogP contribution in [0.5, 0.6) is 0 Å². The number of carbonyl (C=O) groups excluding carboxylic acids is 2. The minimum Gasteiger partial charge on any atom is -0.338 e. The predicted molar refractivity (Wildman–Crippen MR) is 193 cm³/mol. The molecule has 5 aromatic rings. The highest BCUT2D eigenvalue weighted by Crippen LogP contribution is 2.29. The summed E-state index contributed by atoms with van der Waals surface area (Å²) < 4.78 is 39.5. The van der Waals surface area contributed by atoms with Crippen LogP contribution in [0.4, 0.5) is 13.2 Å². The Morgan fingerprint density at radius 1 is 0.706 bits per heavy atom. The number of piperazine rings is 1. The van der Waals surface area contributed by atoms with Crippen LogP contribution in [0.2, 0.25) is 0 Å². The van der Waals surface area contributed by atoms with Gasteiger partial charge in [-0.3, -0.25) is 19.5 Å². The fourth-order valence-electron chi connectivity index (χ4n) is 6.28. The Hall–Kier alpha value is -5.54. The molecule has 0 aliphatic carbocycles.